The zero-order valence-electron chi connectivity index (χ0n) is 10.2. The minimum Gasteiger partial charge on any atom is -0.489 e. The lowest BCUT2D eigenvalue weighted by Crippen LogP contribution is -2.31. The van der Waals surface area contributed by atoms with Gasteiger partial charge in [0.25, 0.3) is 0 Å². The second-order valence-corrected chi connectivity index (χ2v) is 4.09. The molecule has 20 heavy (non-hydrogen) atoms. The zero-order chi connectivity index (χ0) is 14.7. The summed E-state index contributed by atoms with van der Waals surface area (Å²) in [7, 11) is -1.90. The summed E-state index contributed by atoms with van der Waals surface area (Å²) in [5.41, 5.74) is 0.208. The molecule has 0 saturated carbocycles. The fourth-order valence-electron chi connectivity index (χ4n) is 1.64. The predicted molar refractivity (Wildman–Crippen MR) is 66.9 cm³/mol. The van der Waals surface area contributed by atoms with Gasteiger partial charge in [-0.2, -0.15) is 0 Å². The van der Waals surface area contributed by atoms with E-state index in [0.29, 0.717) is 5.56 Å². The van der Waals surface area contributed by atoms with E-state index in [1.807, 2.05) is 0 Å². The van der Waals surface area contributed by atoms with E-state index < -0.39 is 24.6 Å². The number of halogens is 3. The van der Waals surface area contributed by atoms with Gasteiger partial charge in [0.2, 0.25) is 0 Å². The predicted octanol–water partition coefficient (Wildman–Crippen LogP) is 1.36. The molecule has 0 spiro atoms. The van der Waals surface area contributed by atoms with Crippen LogP contribution in [0.5, 0.6) is 5.75 Å². The first-order valence-electron chi connectivity index (χ1n) is 5.69. The van der Waals surface area contributed by atoms with Gasteiger partial charge in [-0.05, 0) is 35.9 Å². The molecule has 0 saturated heterocycles. The lowest BCUT2D eigenvalue weighted by molar-refractivity contribution is 0.305. The molecule has 2 rings (SSSR count). The number of ether oxygens (including phenoxy) is 1. The van der Waals surface area contributed by atoms with E-state index in [1.165, 1.54) is 12.1 Å². The van der Waals surface area contributed by atoms with Crippen LogP contribution >= 0.6 is 0 Å². The second-order valence-electron chi connectivity index (χ2n) is 4.09. The molecule has 0 aliphatic carbocycles. The molecule has 0 unspecified atom stereocenters. The normalized spacial score (nSPS) is 10.4. The van der Waals surface area contributed by atoms with E-state index in [1.54, 1.807) is 0 Å². The lowest BCUT2D eigenvalue weighted by Gasteiger charge is -2.11. The van der Waals surface area contributed by atoms with Crippen LogP contribution in [0, 0.1) is 17.5 Å². The van der Waals surface area contributed by atoms with Gasteiger partial charge < -0.3 is 14.8 Å². The van der Waals surface area contributed by atoms with Crippen molar-refractivity contribution in [3.63, 3.8) is 0 Å². The average molecular weight is 282 g/mol. The summed E-state index contributed by atoms with van der Waals surface area (Å²) >= 11 is 0. The van der Waals surface area contributed by atoms with Gasteiger partial charge in [-0.3, -0.25) is 0 Å². The molecule has 0 atom stereocenters. The Balaban J connectivity index is 2.16. The Hall–Kier alpha value is -1.99. The zero-order valence-corrected chi connectivity index (χ0v) is 10.2. The third kappa shape index (κ3) is 3.31. The van der Waals surface area contributed by atoms with E-state index in [2.05, 4.69) is 0 Å². The molecule has 104 valence electrons. The smallest absolute Gasteiger partial charge is 0.489 e. The van der Waals surface area contributed by atoms with Crippen LogP contribution in [-0.4, -0.2) is 17.2 Å². The largest absolute Gasteiger partial charge is 0.492 e. The second kappa shape index (κ2) is 5.98. The summed E-state index contributed by atoms with van der Waals surface area (Å²) in [5, 5.41) is 18.2. The Bertz CT molecular complexity index is 620. The Morgan fingerprint density at radius 3 is 2.35 bits per heavy atom. The van der Waals surface area contributed by atoms with Gasteiger partial charge in [-0.25, -0.2) is 13.2 Å². The van der Waals surface area contributed by atoms with Gasteiger partial charge in [0.15, 0.2) is 11.6 Å². The first-order chi connectivity index (χ1) is 9.47. The summed E-state index contributed by atoms with van der Waals surface area (Å²) in [6.45, 7) is -0.122. The molecule has 0 heterocycles. The SMILES string of the molecule is OB(O)c1cc(F)ccc1OCc1ccc(F)c(F)c1. The van der Waals surface area contributed by atoms with Crippen molar-refractivity contribution in [2.75, 3.05) is 0 Å². The lowest BCUT2D eigenvalue weighted by atomic mass is 9.79. The van der Waals surface area contributed by atoms with Crippen LogP contribution in [0.2, 0.25) is 0 Å². The third-order valence-electron chi connectivity index (χ3n) is 2.63. The molecular weight excluding hydrogens is 272 g/mol. The maximum absolute atomic E-state index is 13.0. The van der Waals surface area contributed by atoms with Crippen molar-refractivity contribution in [2.24, 2.45) is 0 Å². The Labute approximate surface area is 113 Å². The Morgan fingerprint density at radius 2 is 1.70 bits per heavy atom. The third-order valence-corrected chi connectivity index (χ3v) is 2.63. The van der Waals surface area contributed by atoms with Crippen LogP contribution in [0.4, 0.5) is 13.2 Å². The maximum Gasteiger partial charge on any atom is 0.492 e. The van der Waals surface area contributed by atoms with Crippen LogP contribution in [0.15, 0.2) is 36.4 Å². The van der Waals surface area contributed by atoms with Crippen molar-refractivity contribution in [1.29, 1.82) is 0 Å². The minimum absolute atomic E-state index is 0.0473. The molecule has 0 aromatic heterocycles. The molecule has 0 bridgehead atoms. The minimum atomic E-state index is -1.90. The average Bonchev–Trinajstić information content (AvgIpc) is 2.41. The highest BCUT2D eigenvalue weighted by molar-refractivity contribution is 6.59. The fraction of sp³-hybridized carbons (Fsp3) is 0.0769. The van der Waals surface area contributed by atoms with Crippen LogP contribution in [-0.2, 0) is 6.61 Å². The molecule has 3 nitrogen and oxygen atoms in total. The van der Waals surface area contributed by atoms with Crippen molar-refractivity contribution in [2.45, 2.75) is 6.61 Å². The molecule has 0 aliphatic rings. The van der Waals surface area contributed by atoms with Crippen LogP contribution in [0.3, 0.4) is 0 Å². The highest BCUT2D eigenvalue weighted by atomic mass is 19.2. The van der Waals surface area contributed by atoms with Crippen LogP contribution < -0.4 is 10.2 Å². The number of rotatable bonds is 4. The van der Waals surface area contributed by atoms with Crippen molar-refractivity contribution in [1.82, 2.24) is 0 Å². The number of hydrogen-bond donors (Lipinski definition) is 2. The first kappa shape index (κ1) is 14.4. The van der Waals surface area contributed by atoms with Crippen LogP contribution in [0.1, 0.15) is 5.56 Å². The standard InChI is InChI=1S/C13H10BF3O3/c15-9-2-4-13(10(6-9)14(18)19)20-7-8-1-3-11(16)12(17)5-8/h1-6,18-19H,7H2. The monoisotopic (exact) mass is 282 g/mol. The van der Waals surface area contributed by atoms with Gasteiger partial charge in [-0.1, -0.05) is 6.07 Å². The molecule has 0 amide bonds. The van der Waals surface area contributed by atoms with E-state index in [0.717, 1.165) is 24.3 Å². The van der Waals surface area contributed by atoms with E-state index in [4.69, 9.17) is 14.8 Å². The first-order valence-corrected chi connectivity index (χ1v) is 5.69. The molecule has 2 N–H and O–H groups in total. The summed E-state index contributed by atoms with van der Waals surface area (Å²) in [6, 6.07) is 6.49. The van der Waals surface area contributed by atoms with Crippen molar-refractivity contribution in [3.8, 4) is 5.75 Å². The summed E-state index contributed by atoms with van der Waals surface area (Å²) in [4.78, 5) is 0. The van der Waals surface area contributed by atoms with Crippen molar-refractivity contribution in [3.05, 3.63) is 59.4 Å². The highest BCUT2D eigenvalue weighted by Crippen LogP contribution is 2.14. The van der Waals surface area contributed by atoms with Gasteiger partial charge >= 0.3 is 7.12 Å². The molecule has 0 fully saturated rings. The van der Waals surface area contributed by atoms with E-state index in [9.17, 15) is 13.2 Å². The van der Waals surface area contributed by atoms with Gasteiger partial charge in [-0.15, -0.1) is 0 Å². The summed E-state index contributed by atoms with van der Waals surface area (Å²) in [5.74, 6) is -2.57. The molecule has 0 radical (unpaired) electrons. The fourth-order valence-corrected chi connectivity index (χ4v) is 1.64. The molecule has 2 aromatic rings. The highest BCUT2D eigenvalue weighted by Gasteiger charge is 2.18. The topological polar surface area (TPSA) is 49.7 Å². The maximum atomic E-state index is 13.0. The number of benzene rings is 2. The molecular formula is C13H10BF3O3. The molecule has 7 heteroatoms. The van der Waals surface area contributed by atoms with Gasteiger partial charge in [0.05, 0.1) is 0 Å². The quantitative estimate of drug-likeness (QED) is 0.832. The molecule has 0 aliphatic heterocycles. The Morgan fingerprint density at radius 1 is 0.950 bits per heavy atom. The molecule has 2 aromatic carbocycles. The van der Waals surface area contributed by atoms with Crippen molar-refractivity contribution < 1.29 is 28.0 Å². The van der Waals surface area contributed by atoms with Crippen LogP contribution in [0.25, 0.3) is 0 Å². The van der Waals surface area contributed by atoms with E-state index in [-0.39, 0.29) is 17.8 Å². The number of hydrogen-bond acceptors (Lipinski definition) is 3. The Kier molecular flexibility index (Phi) is 4.31. The van der Waals surface area contributed by atoms with Gasteiger partial charge in [0.1, 0.15) is 18.2 Å². The summed E-state index contributed by atoms with van der Waals surface area (Å²) in [6.07, 6.45) is 0. The van der Waals surface area contributed by atoms with E-state index >= 15 is 0 Å². The van der Waals surface area contributed by atoms with Crippen molar-refractivity contribution >= 4 is 12.6 Å². The summed E-state index contributed by atoms with van der Waals surface area (Å²) < 4.78 is 44.0. The van der Waals surface area contributed by atoms with Gasteiger partial charge in [0, 0.05) is 5.46 Å².